The van der Waals surface area contributed by atoms with Crippen LogP contribution in [0.5, 0.6) is 0 Å². The molecule has 0 unspecified atom stereocenters. The SMILES string of the molecule is C=C[C@@H](O[Si](CC)(CC)CC)[C@@H](NC(=O)OC)[C@@H](C=O)NS(=O)(=O)CC[Si](C)(C)C. The molecule has 0 aromatic heterocycles. The Morgan fingerprint density at radius 3 is 2.03 bits per heavy atom. The number of ether oxygens (including phenoxy) is 1. The Bertz CT molecular complexity index is 654. The minimum Gasteiger partial charge on any atom is -0.453 e. The second-order valence-electron chi connectivity index (χ2n) is 8.63. The van der Waals surface area contributed by atoms with Gasteiger partial charge in [0.25, 0.3) is 0 Å². The number of sulfonamides is 1. The van der Waals surface area contributed by atoms with Crippen molar-refractivity contribution in [1.82, 2.24) is 10.0 Å². The fourth-order valence-electron chi connectivity index (χ4n) is 3.02. The van der Waals surface area contributed by atoms with Crippen LogP contribution in [0.2, 0.25) is 43.8 Å². The second kappa shape index (κ2) is 12.7. The molecule has 1 amide bonds. The number of carbonyl (C=O) groups is 2. The van der Waals surface area contributed by atoms with Gasteiger partial charge in [0.1, 0.15) is 12.3 Å². The largest absolute Gasteiger partial charge is 0.453 e. The van der Waals surface area contributed by atoms with Gasteiger partial charge < -0.3 is 19.3 Å². The maximum absolute atomic E-state index is 12.6. The van der Waals surface area contributed by atoms with Crippen LogP contribution in [0, 0.1) is 0 Å². The van der Waals surface area contributed by atoms with E-state index in [-0.39, 0.29) is 5.75 Å². The maximum Gasteiger partial charge on any atom is 0.407 e. The first-order chi connectivity index (χ1) is 13.8. The molecule has 11 heteroatoms. The average molecular weight is 481 g/mol. The van der Waals surface area contributed by atoms with Crippen LogP contribution in [0.3, 0.4) is 0 Å². The van der Waals surface area contributed by atoms with Crippen LogP contribution in [0.15, 0.2) is 12.7 Å². The molecule has 0 aliphatic rings. The minimum atomic E-state index is -3.73. The Kier molecular flexibility index (Phi) is 12.3. The molecule has 3 atom stereocenters. The van der Waals surface area contributed by atoms with Gasteiger partial charge in [0.2, 0.25) is 10.0 Å². The Hall–Kier alpha value is -1.02. The number of rotatable bonds is 15. The summed E-state index contributed by atoms with van der Waals surface area (Å²) in [5, 5.41) is 2.57. The third kappa shape index (κ3) is 9.86. The highest BCUT2D eigenvalue weighted by molar-refractivity contribution is 7.89. The molecule has 0 saturated carbocycles. The summed E-state index contributed by atoms with van der Waals surface area (Å²) in [6, 6.07) is 0.915. The fourth-order valence-corrected chi connectivity index (χ4v) is 10.1. The monoisotopic (exact) mass is 480 g/mol. The van der Waals surface area contributed by atoms with Gasteiger partial charge in [-0.2, -0.15) is 0 Å². The van der Waals surface area contributed by atoms with Gasteiger partial charge >= 0.3 is 6.09 Å². The highest BCUT2D eigenvalue weighted by Gasteiger charge is 2.39. The molecule has 176 valence electrons. The van der Waals surface area contributed by atoms with Crippen molar-refractivity contribution in [1.29, 1.82) is 0 Å². The summed E-state index contributed by atoms with van der Waals surface area (Å²) >= 11 is 0. The predicted octanol–water partition coefficient (Wildman–Crippen LogP) is 3.11. The summed E-state index contributed by atoms with van der Waals surface area (Å²) in [6.45, 7) is 16.2. The Balaban J connectivity index is 5.85. The van der Waals surface area contributed by atoms with Crippen LogP contribution in [-0.4, -0.2) is 68.2 Å². The van der Waals surface area contributed by atoms with Crippen LogP contribution in [-0.2, 0) is 24.0 Å². The molecule has 0 radical (unpaired) electrons. The molecule has 0 bridgehead atoms. The molecule has 30 heavy (non-hydrogen) atoms. The van der Waals surface area contributed by atoms with Crippen LogP contribution in [0.25, 0.3) is 0 Å². The number of nitrogens with one attached hydrogen (secondary N) is 2. The summed E-state index contributed by atoms with van der Waals surface area (Å²) in [6.07, 6.45) is 0.473. The van der Waals surface area contributed by atoms with Crippen molar-refractivity contribution in [2.45, 2.75) is 82.8 Å². The first-order valence-electron chi connectivity index (χ1n) is 10.4. The Labute approximate surface area is 184 Å². The van der Waals surface area contributed by atoms with Crippen molar-refractivity contribution in [3.63, 3.8) is 0 Å². The first-order valence-corrected chi connectivity index (χ1v) is 18.3. The summed E-state index contributed by atoms with van der Waals surface area (Å²) in [5.74, 6) is -0.0742. The molecule has 0 aliphatic heterocycles. The molecule has 0 rings (SSSR count). The lowest BCUT2D eigenvalue weighted by Crippen LogP contribution is -2.60. The van der Waals surface area contributed by atoms with Gasteiger partial charge in [-0.25, -0.2) is 17.9 Å². The van der Waals surface area contributed by atoms with E-state index in [2.05, 4.69) is 61.8 Å². The molecule has 0 aromatic rings. The topological polar surface area (TPSA) is 111 Å². The fraction of sp³-hybridized carbons (Fsp3) is 0.789. The van der Waals surface area contributed by atoms with Crippen LogP contribution >= 0.6 is 0 Å². The van der Waals surface area contributed by atoms with Crippen molar-refractivity contribution in [2.24, 2.45) is 0 Å². The van der Waals surface area contributed by atoms with E-state index in [1.165, 1.54) is 13.2 Å². The van der Waals surface area contributed by atoms with Crippen LogP contribution in [0.1, 0.15) is 20.8 Å². The molecular weight excluding hydrogens is 440 g/mol. The van der Waals surface area contributed by atoms with E-state index >= 15 is 0 Å². The number of aldehydes is 1. The van der Waals surface area contributed by atoms with Gasteiger partial charge in [-0.1, -0.05) is 46.5 Å². The van der Waals surface area contributed by atoms with Gasteiger partial charge in [0, 0.05) is 8.07 Å². The van der Waals surface area contributed by atoms with Crippen molar-refractivity contribution >= 4 is 38.8 Å². The van der Waals surface area contributed by atoms with E-state index < -0.39 is 50.7 Å². The lowest BCUT2D eigenvalue weighted by Gasteiger charge is -2.37. The second-order valence-corrected chi connectivity index (χ2v) is 20.9. The van der Waals surface area contributed by atoms with E-state index in [1.54, 1.807) is 0 Å². The molecule has 8 nitrogen and oxygen atoms in total. The van der Waals surface area contributed by atoms with E-state index in [0.29, 0.717) is 12.3 Å². The quantitative estimate of drug-likeness (QED) is 0.212. The Morgan fingerprint density at radius 2 is 1.67 bits per heavy atom. The third-order valence-corrected chi connectivity index (χ3v) is 13.5. The van der Waals surface area contributed by atoms with E-state index in [0.717, 1.165) is 18.1 Å². The van der Waals surface area contributed by atoms with Crippen LogP contribution < -0.4 is 10.0 Å². The predicted molar refractivity (Wildman–Crippen MR) is 127 cm³/mol. The summed E-state index contributed by atoms with van der Waals surface area (Å²) in [7, 11) is -6.26. The molecular formula is C19H40N2O6SSi2. The Morgan fingerprint density at radius 1 is 1.13 bits per heavy atom. The summed E-state index contributed by atoms with van der Waals surface area (Å²) in [5.41, 5.74) is 0. The number of hydrogen-bond acceptors (Lipinski definition) is 6. The van der Waals surface area contributed by atoms with E-state index in [9.17, 15) is 18.0 Å². The molecule has 0 heterocycles. The lowest BCUT2D eigenvalue weighted by atomic mass is 10.0. The van der Waals surface area contributed by atoms with Crippen molar-refractivity contribution < 1.29 is 27.2 Å². The van der Waals surface area contributed by atoms with Gasteiger partial charge in [-0.15, -0.1) is 6.58 Å². The number of hydrogen-bond donors (Lipinski definition) is 2. The summed E-state index contributed by atoms with van der Waals surface area (Å²) in [4.78, 5) is 23.9. The zero-order valence-corrected chi connectivity index (χ0v) is 22.3. The third-order valence-electron chi connectivity index (χ3n) is 5.35. The maximum atomic E-state index is 12.6. The molecule has 2 N–H and O–H groups in total. The van der Waals surface area contributed by atoms with E-state index in [1.807, 2.05) is 0 Å². The average Bonchev–Trinajstić information content (AvgIpc) is 2.70. The van der Waals surface area contributed by atoms with Gasteiger partial charge in [0.15, 0.2) is 8.32 Å². The molecule has 0 fully saturated rings. The minimum absolute atomic E-state index is 0.0742. The number of alkyl carbamates (subject to hydrolysis) is 1. The molecule has 0 spiro atoms. The van der Waals surface area contributed by atoms with E-state index in [4.69, 9.17) is 4.43 Å². The molecule has 0 saturated heterocycles. The number of methoxy groups -OCH3 is 1. The first kappa shape index (κ1) is 29.0. The highest BCUT2D eigenvalue weighted by Crippen LogP contribution is 2.25. The number of amides is 1. The number of carbonyl (C=O) groups excluding carboxylic acids is 2. The van der Waals surface area contributed by atoms with Crippen molar-refractivity contribution in [3.8, 4) is 0 Å². The molecule has 0 aromatic carbocycles. The lowest BCUT2D eigenvalue weighted by molar-refractivity contribution is -0.110. The zero-order valence-electron chi connectivity index (χ0n) is 19.5. The van der Waals surface area contributed by atoms with Gasteiger partial charge in [-0.05, 0) is 24.2 Å². The van der Waals surface area contributed by atoms with Crippen LogP contribution in [0.4, 0.5) is 4.79 Å². The van der Waals surface area contributed by atoms with Crippen molar-refractivity contribution in [3.05, 3.63) is 12.7 Å². The zero-order chi connectivity index (χ0) is 23.6. The van der Waals surface area contributed by atoms with Gasteiger partial charge in [0.05, 0.1) is 25.0 Å². The van der Waals surface area contributed by atoms with Gasteiger partial charge in [-0.3, -0.25) is 0 Å². The smallest absolute Gasteiger partial charge is 0.407 e. The highest BCUT2D eigenvalue weighted by atomic mass is 32.2. The standard InChI is InChI=1S/C19H40N2O6SSi2/c1-9-17(27-30(10-2,11-3)12-4)18(20-19(23)26-5)16(15-22)21-28(24,25)13-14-29(6,7)8/h9,15-18,21H,1,10-14H2,2-8H3,(H,20,23)/t16-,17-,18+/m1/s1. The molecule has 0 aliphatic carbocycles. The normalized spacial score (nSPS) is 15.7. The summed E-state index contributed by atoms with van der Waals surface area (Å²) < 4.78 is 38.8. The van der Waals surface area contributed by atoms with Crippen molar-refractivity contribution in [2.75, 3.05) is 12.9 Å².